The summed E-state index contributed by atoms with van der Waals surface area (Å²) in [6.45, 7) is 7.69. The van der Waals surface area contributed by atoms with Gasteiger partial charge in [-0.2, -0.15) is 0 Å². The first kappa shape index (κ1) is 15.0. The second-order valence-electron chi connectivity index (χ2n) is 4.65. The van der Waals surface area contributed by atoms with Gasteiger partial charge in [-0.3, -0.25) is 4.79 Å². The molecular weight excluding hydrogens is 264 g/mol. The van der Waals surface area contributed by atoms with Crippen molar-refractivity contribution in [1.29, 1.82) is 0 Å². The van der Waals surface area contributed by atoms with Crippen LogP contribution in [0.25, 0.3) is 0 Å². The number of nitrogens with zero attached hydrogens (tertiary/aromatic N) is 3. The van der Waals surface area contributed by atoms with Crippen LogP contribution in [0.1, 0.15) is 30.0 Å². The Kier molecular flexibility index (Phi) is 4.87. The first-order chi connectivity index (χ1) is 10.1. The Morgan fingerprint density at radius 2 is 1.81 bits per heavy atom. The summed E-state index contributed by atoms with van der Waals surface area (Å²) >= 11 is 0. The van der Waals surface area contributed by atoms with Gasteiger partial charge in [-0.25, -0.2) is 9.97 Å². The summed E-state index contributed by atoms with van der Waals surface area (Å²) in [7, 11) is 0. The number of anilines is 2. The molecule has 0 bridgehead atoms. The topological polar surface area (TPSA) is 58.1 Å². The zero-order valence-electron chi connectivity index (χ0n) is 12.6. The van der Waals surface area contributed by atoms with E-state index in [4.69, 9.17) is 0 Å². The van der Waals surface area contributed by atoms with E-state index in [1.54, 1.807) is 18.2 Å². The Labute approximate surface area is 125 Å². The Morgan fingerprint density at radius 3 is 2.43 bits per heavy atom. The minimum Gasteiger partial charge on any atom is -0.357 e. The largest absolute Gasteiger partial charge is 0.357 e. The molecule has 1 N–H and O–H groups in total. The van der Waals surface area contributed by atoms with Crippen LogP contribution in [0.15, 0.2) is 36.4 Å². The highest BCUT2D eigenvalue weighted by Crippen LogP contribution is 2.16. The van der Waals surface area contributed by atoms with Crippen LogP contribution < -0.4 is 10.2 Å². The number of carbonyl (C=O) groups is 1. The van der Waals surface area contributed by atoms with E-state index in [-0.39, 0.29) is 5.91 Å². The van der Waals surface area contributed by atoms with Gasteiger partial charge in [-0.1, -0.05) is 18.2 Å². The summed E-state index contributed by atoms with van der Waals surface area (Å²) < 4.78 is 0. The highest BCUT2D eigenvalue weighted by atomic mass is 16.1. The Bertz CT molecular complexity index is 609. The van der Waals surface area contributed by atoms with Crippen molar-refractivity contribution in [1.82, 2.24) is 9.97 Å². The summed E-state index contributed by atoms with van der Waals surface area (Å²) in [5.74, 6) is 1.83. The van der Waals surface area contributed by atoms with Crippen LogP contribution in [0, 0.1) is 6.92 Å². The Hall–Kier alpha value is -2.43. The molecule has 1 aromatic heterocycles. The molecule has 5 heteroatoms. The standard InChI is InChI=1S/C16H20N4O/c1-4-20(5-2)15-11-14(17-12(3)18-15)19-16(21)13-9-7-6-8-10-13/h6-11H,4-5H2,1-3H3,(H,17,18,19,21). The monoisotopic (exact) mass is 284 g/mol. The molecule has 0 aliphatic rings. The summed E-state index contributed by atoms with van der Waals surface area (Å²) in [6.07, 6.45) is 0. The van der Waals surface area contributed by atoms with E-state index in [2.05, 4.69) is 34.0 Å². The number of aryl methyl sites for hydroxylation is 1. The van der Waals surface area contributed by atoms with Gasteiger partial charge in [0.1, 0.15) is 17.5 Å². The van der Waals surface area contributed by atoms with Gasteiger partial charge in [0.15, 0.2) is 0 Å². The summed E-state index contributed by atoms with van der Waals surface area (Å²) in [4.78, 5) is 23.0. The number of hydrogen-bond donors (Lipinski definition) is 1. The molecule has 2 rings (SSSR count). The molecule has 0 fully saturated rings. The third-order valence-corrected chi connectivity index (χ3v) is 3.19. The lowest BCUT2D eigenvalue weighted by molar-refractivity contribution is 0.102. The number of benzene rings is 1. The third kappa shape index (κ3) is 3.78. The van der Waals surface area contributed by atoms with Crippen molar-refractivity contribution >= 4 is 17.5 Å². The third-order valence-electron chi connectivity index (χ3n) is 3.19. The minimum absolute atomic E-state index is 0.167. The van der Waals surface area contributed by atoms with Gasteiger partial charge in [0, 0.05) is 24.7 Å². The SMILES string of the molecule is CCN(CC)c1cc(NC(=O)c2ccccc2)nc(C)n1. The predicted molar refractivity (Wildman–Crippen MR) is 84.7 cm³/mol. The first-order valence-corrected chi connectivity index (χ1v) is 7.11. The highest BCUT2D eigenvalue weighted by molar-refractivity contribution is 6.03. The normalized spacial score (nSPS) is 10.2. The number of rotatable bonds is 5. The number of aromatic nitrogens is 2. The molecule has 0 radical (unpaired) electrons. The molecule has 1 aromatic carbocycles. The lowest BCUT2D eigenvalue weighted by Gasteiger charge is -2.20. The average molecular weight is 284 g/mol. The van der Waals surface area contributed by atoms with Crippen molar-refractivity contribution in [3.8, 4) is 0 Å². The van der Waals surface area contributed by atoms with Gasteiger partial charge in [-0.15, -0.1) is 0 Å². The lowest BCUT2D eigenvalue weighted by atomic mass is 10.2. The van der Waals surface area contributed by atoms with Crippen molar-refractivity contribution in [2.75, 3.05) is 23.3 Å². The number of hydrogen-bond acceptors (Lipinski definition) is 4. The Balaban J connectivity index is 2.22. The van der Waals surface area contributed by atoms with E-state index >= 15 is 0 Å². The lowest BCUT2D eigenvalue weighted by Crippen LogP contribution is -2.24. The van der Waals surface area contributed by atoms with Crippen LogP contribution in [0.3, 0.4) is 0 Å². The predicted octanol–water partition coefficient (Wildman–Crippen LogP) is 2.88. The van der Waals surface area contributed by atoms with Gasteiger partial charge < -0.3 is 10.2 Å². The quantitative estimate of drug-likeness (QED) is 0.917. The van der Waals surface area contributed by atoms with E-state index < -0.39 is 0 Å². The van der Waals surface area contributed by atoms with Crippen molar-refractivity contribution < 1.29 is 4.79 Å². The fourth-order valence-corrected chi connectivity index (χ4v) is 2.10. The molecule has 110 valence electrons. The van der Waals surface area contributed by atoms with Crippen molar-refractivity contribution in [2.45, 2.75) is 20.8 Å². The molecule has 1 heterocycles. The molecule has 5 nitrogen and oxygen atoms in total. The molecule has 21 heavy (non-hydrogen) atoms. The number of carbonyl (C=O) groups excluding carboxylic acids is 1. The molecule has 0 saturated heterocycles. The van der Waals surface area contributed by atoms with Crippen molar-refractivity contribution in [3.63, 3.8) is 0 Å². The van der Waals surface area contributed by atoms with Gasteiger partial charge >= 0.3 is 0 Å². The van der Waals surface area contributed by atoms with Crippen LogP contribution in [0.4, 0.5) is 11.6 Å². The fraction of sp³-hybridized carbons (Fsp3) is 0.312. The fourth-order valence-electron chi connectivity index (χ4n) is 2.10. The smallest absolute Gasteiger partial charge is 0.256 e. The van der Waals surface area contributed by atoms with Gasteiger partial charge in [0.25, 0.3) is 5.91 Å². The van der Waals surface area contributed by atoms with Crippen molar-refractivity contribution in [2.24, 2.45) is 0 Å². The molecule has 0 saturated carbocycles. The molecule has 0 spiro atoms. The van der Waals surface area contributed by atoms with Crippen LogP contribution in [-0.2, 0) is 0 Å². The van der Waals surface area contributed by atoms with Crippen LogP contribution >= 0.6 is 0 Å². The molecule has 0 aliphatic heterocycles. The van der Waals surface area contributed by atoms with E-state index in [0.29, 0.717) is 17.2 Å². The molecule has 2 aromatic rings. The molecular formula is C16H20N4O. The number of nitrogens with one attached hydrogen (secondary N) is 1. The van der Waals surface area contributed by atoms with E-state index in [1.807, 2.05) is 25.1 Å². The zero-order valence-corrected chi connectivity index (χ0v) is 12.6. The summed E-state index contributed by atoms with van der Waals surface area (Å²) in [6, 6.07) is 10.9. The van der Waals surface area contributed by atoms with E-state index in [0.717, 1.165) is 18.9 Å². The average Bonchev–Trinajstić information content (AvgIpc) is 2.49. The summed E-state index contributed by atoms with van der Waals surface area (Å²) in [5.41, 5.74) is 0.609. The Morgan fingerprint density at radius 1 is 1.14 bits per heavy atom. The van der Waals surface area contributed by atoms with Gasteiger partial charge in [0.2, 0.25) is 0 Å². The second-order valence-corrected chi connectivity index (χ2v) is 4.65. The first-order valence-electron chi connectivity index (χ1n) is 7.11. The maximum Gasteiger partial charge on any atom is 0.256 e. The minimum atomic E-state index is -0.167. The summed E-state index contributed by atoms with van der Waals surface area (Å²) in [5, 5.41) is 2.83. The number of amides is 1. The van der Waals surface area contributed by atoms with Crippen molar-refractivity contribution in [3.05, 3.63) is 47.8 Å². The second kappa shape index (κ2) is 6.83. The highest BCUT2D eigenvalue weighted by Gasteiger charge is 2.10. The molecule has 0 aliphatic carbocycles. The molecule has 1 amide bonds. The van der Waals surface area contributed by atoms with Crippen LogP contribution in [-0.4, -0.2) is 29.0 Å². The molecule has 0 unspecified atom stereocenters. The van der Waals surface area contributed by atoms with Crippen LogP contribution in [0.2, 0.25) is 0 Å². The van der Waals surface area contributed by atoms with Gasteiger partial charge in [0.05, 0.1) is 0 Å². The zero-order chi connectivity index (χ0) is 15.2. The maximum absolute atomic E-state index is 12.2. The van der Waals surface area contributed by atoms with Gasteiger partial charge in [-0.05, 0) is 32.9 Å². The molecule has 0 atom stereocenters. The maximum atomic E-state index is 12.2. The van der Waals surface area contributed by atoms with E-state index in [1.165, 1.54) is 0 Å². The van der Waals surface area contributed by atoms with E-state index in [9.17, 15) is 4.79 Å². The van der Waals surface area contributed by atoms with Crippen LogP contribution in [0.5, 0.6) is 0 Å².